The van der Waals surface area contributed by atoms with Crippen molar-refractivity contribution in [2.24, 2.45) is 0 Å². The smallest absolute Gasteiger partial charge is 0.270 e. The Hall–Kier alpha value is -2.49. The van der Waals surface area contributed by atoms with E-state index >= 15 is 0 Å². The van der Waals surface area contributed by atoms with Crippen molar-refractivity contribution >= 4 is 17.3 Å². The zero-order chi connectivity index (χ0) is 12.5. The van der Waals surface area contributed by atoms with Gasteiger partial charge in [-0.05, 0) is 12.1 Å². The molecule has 0 aliphatic carbocycles. The molecule has 90 valence electrons. The first kappa shape index (κ1) is 10.7. The normalized spacial score (nSPS) is 17.6. The highest BCUT2D eigenvalue weighted by atomic mass is 16.5. The van der Waals surface area contributed by atoms with Gasteiger partial charge < -0.3 is 15.8 Å². The summed E-state index contributed by atoms with van der Waals surface area (Å²) in [7, 11) is 0. The van der Waals surface area contributed by atoms with Crippen LogP contribution in [0.5, 0.6) is 5.75 Å². The molecule has 0 saturated carbocycles. The lowest BCUT2D eigenvalue weighted by Gasteiger charge is -2.26. The Labute approximate surface area is 104 Å². The molecule has 0 fully saturated rings. The van der Waals surface area contributed by atoms with Crippen LogP contribution >= 0.6 is 0 Å². The third-order valence-electron chi connectivity index (χ3n) is 2.85. The molecule has 18 heavy (non-hydrogen) atoms. The lowest BCUT2D eigenvalue weighted by Crippen LogP contribution is -2.30. The van der Waals surface area contributed by atoms with Gasteiger partial charge in [-0.1, -0.05) is 30.3 Å². The number of amides is 1. The first-order valence-electron chi connectivity index (χ1n) is 5.66. The Morgan fingerprint density at radius 3 is 2.67 bits per heavy atom. The summed E-state index contributed by atoms with van der Waals surface area (Å²) in [4.78, 5) is 12.0. The van der Waals surface area contributed by atoms with E-state index in [9.17, 15) is 4.79 Å². The van der Waals surface area contributed by atoms with Crippen molar-refractivity contribution in [1.29, 1.82) is 0 Å². The van der Waals surface area contributed by atoms with Gasteiger partial charge in [0.25, 0.3) is 5.91 Å². The third-order valence-corrected chi connectivity index (χ3v) is 2.85. The zero-order valence-electron chi connectivity index (χ0n) is 9.59. The average molecular weight is 240 g/mol. The van der Waals surface area contributed by atoms with Crippen LogP contribution in [-0.2, 0) is 4.79 Å². The molecule has 2 aromatic rings. The van der Waals surface area contributed by atoms with Crippen LogP contribution < -0.4 is 15.8 Å². The number of nitrogens with two attached hydrogens (primary N) is 1. The minimum atomic E-state index is -0.625. The molecule has 1 heterocycles. The first-order chi connectivity index (χ1) is 8.74. The van der Waals surface area contributed by atoms with Crippen LogP contribution in [0.2, 0.25) is 0 Å². The van der Waals surface area contributed by atoms with Crippen molar-refractivity contribution < 1.29 is 9.53 Å². The molecular weight excluding hydrogens is 228 g/mol. The van der Waals surface area contributed by atoms with Gasteiger partial charge in [-0.25, -0.2) is 0 Å². The number of rotatable bonds is 1. The highest BCUT2D eigenvalue weighted by Crippen LogP contribution is 2.35. The monoisotopic (exact) mass is 240 g/mol. The number of fused-ring (bicyclic) bond motifs is 1. The van der Waals surface area contributed by atoms with Crippen molar-refractivity contribution in [2.45, 2.75) is 6.10 Å². The molecule has 0 aromatic heterocycles. The number of nitrogens with one attached hydrogen (secondary N) is 1. The van der Waals surface area contributed by atoms with Crippen LogP contribution in [0.4, 0.5) is 11.4 Å². The van der Waals surface area contributed by atoms with E-state index in [2.05, 4.69) is 5.32 Å². The third kappa shape index (κ3) is 1.78. The van der Waals surface area contributed by atoms with Gasteiger partial charge >= 0.3 is 0 Å². The maximum atomic E-state index is 12.0. The molecule has 0 spiro atoms. The molecule has 0 saturated heterocycles. The Bertz CT molecular complexity index is 596. The van der Waals surface area contributed by atoms with Crippen molar-refractivity contribution in [3.8, 4) is 5.75 Å². The fourth-order valence-electron chi connectivity index (χ4n) is 1.97. The summed E-state index contributed by atoms with van der Waals surface area (Å²) in [6, 6.07) is 14.6. The summed E-state index contributed by atoms with van der Waals surface area (Å²) in [6.45, 7) is 0. The number of anilines is 2. The quantitative estimate of drug-likeness (QED) is 0.752. The van der Waals surface area contributed by atoms with Gasteiger partial charge in [-0.2, -0.15) is 0 Å². The highest BCUT2D eigenvalue weighted by molar-refractivity contribution is 5.98. The molecule has 2 aromatic carbocycles. The number of hydrogen-bond donors (Lipinski definition) is 2. The van der Waals surface area contributed by atoms with E-state index in [0.29, 0.717) is 17.1 Å². The standard InChI is InChI=1S/C14H12N2O2/c15-10-6-7-11-12(8-10)18-13(14(17)16-11)9-4-2-1-3-5-9/h1-8,13H,15H2,(H,16,17). The maximum absolute atomic E-state index is 12.0. The lowest BCUT2D eigenvalue weighted by atomic mass is 10.1. The molecule has 0 radical (unpaired) electrons. The van der Waals surface area contributed by atoms with Gasteiger partial charge in [0, 0.05) is 17.3 Å². The first-order valence-corrected chi connectivity index (χ1v) is 5.66. The second-order valence-electron chi connectivity index (χ2n) is 4.15. The van der Waals surface area contributed by atoms with Crippen molar-refractivity contribution in [3.05, 3.63) is 54.1 Å². The van der Waals surface area contributed by atoms with Crippen LogP contribution in [0.1, 0.15) is 11.7 Å². The second kappa shape index (κ2) is 4.07. The summed E-state index contributed by atoms with van der Waals surface area (Å²) >= 11 is 0. The number of ether oxygens (including phenoxy) is 1. The predicted molar refractivity (Wildman–Crippen MR) is 69.3 cm³/mol. The Kier molecular flexibility index (Phi) is 2.41. The minimum Gasteiger partial charge on any atom is -0.474 e. The number of nitrogen functional groups attached to an aromatic ring is 1. The molecule has 3 rings (SSSR count). The second-order valence-corrected chi connectivity index (χ2v) is 4.15. The number of carbonyl (C=O) groups excluding carboxylic acids is 1. The largest absolute Gasteiger partial charge is 0.474 e. The number of carbonyl (C=O) groups is 1. The highest BCUT2D eigenvalue weighted by Gasteiger charge is 2.28. The Morgan fingerprint density at radius 2 is 1.89 bits per heavy atom. The van der Waals surface area contributed by atoms with Crippen LogP contribution in [0, 0.1) is 0 Å². The molecule has 1 aliphatic heterocycles. The van der Waals surface area contributed by atoms with Gasteiger partial charge in [-0.15, -0.1) is 0 Å². The zero-order valence-corrected chi connectivity index (χ0v) is 9.59. The van der Waals surface area contributed by atoms with E-state index in [0.717, 1.165) is 5.56 Å². The molecular formula is C14H12N2O2. The number of benzene rings is 2. The van der Waals surface area contributed by atoms with Crippen molar-refractivity contribution in [2.75, 3.05) is 11.1 Å². The van der Waals surface area contributed by atoms with Gasteiger partial charge in [0.2, 0.25) is 6.10 Å². The predicted octanol–water partition coefficient (Wildman–Crippen LogP) is 2.34. The van der Waals surface area contributed by atoms with Crippen LogP contribution in [0.25, 0.3) is 0 Å². The van der Waals surface area contributed by atoms with Crippen LogP contribution in [0.3, 0.4) is 0 Å². The average Bonchev–Trinajstić information content (AvgIpc) is 2.39. The van der Waals surface area contributed by atoms with Crippen molar-refractivity contribution in [3.63, 3.8) is 0 Å². The lowest BCUT2D eigenvalue weighted by molar-refractivity contribution is -0.123. The Morgan fingerprint density at radius 1 is 1.11 bits per heavy atom. The van der Waals surface area contributed by atoms with Gasteiger partial charge in [0.05, 0.1) is 5.69 Å². The fraction of sp³-hybridized carbons (Fsp3) is 0.0714. The summed E-state index contributed by atoms with van der Waals surface area (Å²) in [6.07, 6.45) is -0.625. The molecule has 1 aliphatic rings. The molecule has 1 atom stereocenters. The summed E-state index contributed by atoms with van der Waals surface area (Å²) in [5, 5.41) is 2.82. The van der Waals surface area contributed by atoms with E-state index in [-0.39, 0.29) is 5.91 Å². The van der Waals surface area contributed by atoms with Gasteiger partial charge in [0.15, 0.2) is 0 Å². The summed E-state index contributed by atoms with van der Waals surface area (Å²) < 4.78 is 5.72. The Balaban J connectivity index is 1.99. The number of hydrogen-bond acceptors (Lipinski definition) is 3. The van der Waals surface area contributed by atoms with Gasteiger partial charge in [0.1, 0.15) is 5.75 Å². The van der Waals surface area contributed by atoms with E-state index in [1.165, 1.54) is 0 Å². The van der Waals surface area contributed by atoms with E-state index in [1.807, 2.05) is 30.3 Å². The van der Waals surface area contributed by atoms with Gasteiger partial charge in [-0.3, -0.25) is 4.79 Å². The molecule has 1 unspecified atom stereocenters. The van der Waals surface area contributed by atoms with E-state index < -0.39 is 6.10 Å². The van der Waals surface area contributed by atoms with Crippen LogP contribution in [-0.4, -0.2) is 5.91 Å². The SMILES string of the molecule is Nc1ccc2c(c1)OC(c1ccccc1)C(=O)N2. The molecule has 4 nitrogen and oxygen atoms in total. The van der Waals surface area contributed by atoms with E-state index in [1.54, 1.807) is 18.2 Å². The van der Waals surface area contributed by atoms with Crippen LogP contribution in [0.15, 0.2) is 48.5 Å². The minimum absolute atomic E-state index is 0.168. The molecule has 3 N–H and O–H groups in total. The van der Waals surface area contributed by atoms with Crippen molar-refractivity contribution in [1.82, 2.24) is 0 Å². The summed E-state index contributed by atoms with van der Waals surface area (Å²) in [5.41, 5.74) is 7.79. The maximum Gasteiger partial charge on any atom is 0.270 e. The molecule has 1 amide bonds. The summed E-state index contributed by atoms with van der Waals surface area (Å²) in [5.74, 6) is 0.432. The van der Waals surface area contributed by atoms with E-state index in [4.69, 9.17) is 10.5 Å². The molecule has 4 heteroatoms. The fourth-order valence-corrected chi connectivity index (χ4v) is 1.97. The molecule has 0 bridgehead atoms. The topological polar surface area (TPSA) is 64.3 Å².